The predicted octanol–water partition coefficient (Wildman–Crippen LogP) is 1.45. The maximum absolute atomic E-state index is 12.0. The van der Waals surface area contributed by atoms with Gasteiger partial charge in [-0.1, -0.05) is 0 Å². The molecule has 5 nitrogen and oxygen atoms in total. The molecule has 0 aromatic heterocycles. The van der Waals surface area contributed by atoms with E-state index in [1.807, 2.05) is 0 Å². The van der Waals surface area contributed by atoms with Crippen LogP contribution >= 0.6 is 0 Å². The number of rotatable bonds is 3. The van der Waals surface area contributed by atoms with Crippen LogP contribution in [0.15, 0.2) is 24.3 Å². The molecule has 1 aromatic rings. The third-order valence-electron chi connectivity index (χ3n) is 3.65. The molecular weight excluding hydrogens is 254 g/mol. The van der Waals surface area contributed by atoms with Gasteiger partial charge in [-0.2, -0.15) is 0 Å². The van der Waals surface area contributed by atoms with E-state index in [-0.39, 0.29) is 23.8 Å². The van der Waals surface area contributed by atoms with E-state index in [4.69, 9.17) is 5.73 Å². The number of hydrogen-bond donors (Lipinski definition) is 2. The summed E-state index contributed by atoms with van der Waals surface area (Å²) >= 11 is 0. The minimum atomic E-state index is -0.0513. The Labute approximate surface area is 119 Å². The second-order valence-electron chi connectivity index (χ2n) is 5.54. The summed E-state index contributed by atoms with van der Waals surface area (Å²) < 4.78 is 0. The van der Waals surface area contributed by atoms with E-state index in [1.165, 1.54) is 4.90 Å². The van der Waals surface area contributed by atoms with Crippen LogP contribution < -0.4 is 11.1 Å². The number of anilines is 1. The molecule has 0 heterocycles. The first kappa shape index (κ1) is 14.5. The van der Waals surface area contributed by atoms with Crippen molar-refractivity contribution < 1.29 is 9.59 Å². The van der Waals surface area contributed by atoms with E-state index in [0.29, 0.717) is 11.3 Å². The first-order chi connectivity index (χ1) is 9.47. The van der Waals surface area contributed by atoms with Gasteiger partial charge in [0.15, 0.2) is 0 Å². The number of nitrogens with two attached hydrogens (primary N) is 1. The highest BCUT2D eigenvalue weighted by molar-refractivity contribution is 5.96. The highest BCUT2D eigenvalue weighted by Crippen LogP contribution is 2.25. The summed E-state index contributed by atoms with van der Waals surface area (Å²) in [6.07, 6.45) is 2.52. The minimum Gasteiger partial charge on any atom is -0.345 e. The number of amides is 2. The molecule has 1 aromatic carbocycles. The average molecular weight is 275 g/mol. The van der Waals surface area contributed by atoms with Gasteiger partial charge in [-0.3, -0.25) is 9.59 Å². The van der Waals surface area contributed by atoms with Gasteiger partial charge in [0.05, 0.1) is 0 Å². The van der Waals surface area contributed by atoms with Crippen molar-refractivity contribution in [3.63, 3.8) is 0 Å². The molecule has 2 unspecified atom stereocenters. The lowest BCUT2D eigenvalue weighted by molar-refractivity contribution is -0.119. The molecule has 1 aliphatic rings. The summed E-state index contributed by atoms with van der Waals surface area (Å²) in [6.45, 7) is 0. The Morgan fingerprint density at radius 1 is 1.20 bits per heavy atom. The topological polar surface area (TPSA) is 75.4 Å². The van der Waals surface area contributed by atoms with Gasteiger partial charge in [0.2, 0.25) is 5.91 Å². The summed E-state index contributed by atoms with van der Waals surface area (Å²) in [6, 6.07) is 7.09. The van der Waals surface area contributed by atoms with Crippen LogP contribution in [0, 0.1) is 5.92 Å². The van der Waals surface area contributed by atoms with Crippen LogP contribution in [0.25, 0.3) is 0 Å². The summed E-state index contributed by atoms with van der Waals surface area (Å²) in [7, 11) is 3.42. The molecular formula is C15H21N3O2. The maximum atomic E-state index is 12.0. The zero-order chi connectivity index (χ0) is 14.7. The highest BCUT2D eigenvalue weighted by Gasteiger charge is 2.27. The van der Waals surface area contributed by atoms with Crippen molar-refractivity contribution >= 4 is 17.5 Å². The molecule has 0 spiro atoms. The monoisotopic (exact) mass is 275 g/mol. The average Bonchev–Trinajstić information content (AvgIpc) is 2.85. The second-order valence-corrected chi connectivity index (χ2v) is 5.54. The van der Waals surface area contributed by atoms with Gasteiger partial charge >= 0.3 is 0 Å². The molecule has 1 aliphatic carbocycles. The van der Waals surface area contributed by atoms with Crippen molar-refractivity contribution in [1.29, 1.82) is 0 Å². The molecule has 2 atom stereocenters. The van der Waals surface area contributed by atoms with Crippen LogP contribution in [0.2, 0.25) is 0 Å². The van der Waals surface area contributed by atoms with E-state index in [1.54, 1.807) is 38.4 Å². The first-order valence-electron chi connectivity index (χ1n) is 6.85. The van der Waals surface area contributed by atoms with Gasteiger partial charge in [-0.15, -0.1) is 0 Å². The van der Waals surface area contributed by atoms with Gasteiger partial charge in [-0.25, -0.2) is 0 Å². The summed E-state index contributed by atoms with van der Waals surface area (Å²) in [5, 5.41) is 2.88. The largest absolute Gasteiger partial charge is 0.345 e. The first-order valence-corrected chi connectivity index (χ1v) is 6.85. The highest BCUT2D eigenvalue weighted by atomic mass is 16.2. The van der Waals surface area contributed by atoms with Crippen LogP contribution in [-0.2, 0) is 4.79 Å². The van der Waals surface area contributed by atoms with Crippen molar-refractivity contribution in [1.82, 2.24) is 4.90 Å². The van der Waals surface area contributed by atoms with Crippen LogP contribution in [0.4, 0.5) is 5.69 Å². The quantitative estimate of drug-likeness (QED) is 0.876. The molecule has 3 N–H and O–H groups in total. The van der Waals surface area contributed by atoms with Crippen molar-refractivity contribution in [2.75, 3.05) is 19.4 Å². The Bertz CT molecular complexity index is 496. The second kappa shape index (κ2) is 6.05. The number of benzene rings is 1. The molecule has 2 amide bonds. The third-order valence-corrected chi connectivity index (χ3v) is 3.65. The molecule has 1 saturated carbocycles. The van der Waals surface area contributed by atoms with Crippen LogP contribution in [0.1, 0.15) is 29.6 Å². The SMILES string of the molecule is CN(C)C(=O)c1ccc(NC(=O)C2CCC(N)C2)cc1. The molecule has 20 heavy (non-hydrogen) atoms. The van der Waals surface area contributed by atoms with Crippen molar-refractivity contribution in [2.24, 2.45) is 11.7 Å². The molecule has 2 rings (SSSR count). The minimum absolute atomic E-state index is 0.00748. The Hall–Kier alpha value is -1.88. The van der Waals surface area contributed by atoms with Gasteiger partial charge < -0.3 is 16.0 Å². The maximum Gasteiger partial charge on any atom is 0.253 e. The fourth-order valence-corrected chi connectivity index (χ4v) is 2.45. The molecule has 1 fully saturated rings. The predicted molar refractivity (Wildman–Crippen MR) is 78.4 cm³/mol. The summed E-state index contributed by atoms with van der Waals surface area (Å²) in [5.41, 5.74) is 7.14. The van der Waals surface area contributed by atoms with E-state index < -0.39 is 0 Å². The summed E-state index contributed by atoms with van der Waals surface area (Å²) in [4.78, 5) is 25.3. The Morgan fingerprint density at radius 3 is 2.35 bits per heavy atom. The van der Waals surface area contributed by atoms with Gasteiger partial charge in [0, 0.05) is 37.3 Å². The molecule has 0 radical (unpaired) electrons. The lowest BCUT2D eigenvalue weighted by atomic mass is 10.1. The van der Waals surface area contributed by atoms with Gasteiger partial charge in [-0.05, 0) is 43.5 Å². The van der Waals surface area contributed by atoms with E-state index in [0.717, 1.165) is 19.3 Å². The standard InChI is InChI=1S/C15H21N3O2/c1-18(2)15(20)10-4-7-13(8-5-10)17-14(19)11-3-6-12(16)9-11/h4-5,7-8,11-12H,3,6,9,16H2,1-2H3,(H,17,19). The normalized spacial score (nSPS) is 21.6. The fraction of sp³-hybridized carbons (Fsp3) is 0.467. The van der Waals surface area contributed by atoms with Gasteiger partial charge in [0.1, 0.15) is 0 Å². The van der Waals surface area contributed by atoms with E-state index >= 15 is 0 Å². The number of nitrogens with zero attached hydrogens (tertiary/aromatic N) is 1. The van der Waals surface area contributed by atoms with Crippen molar-refractivity contribution in [3.8, 4) is 0 Å². The van der Waals surface area contributed by atoms with E-state index in [9.17, 15) is 9.59 Å². The lowest BCUT2D eigenvalue weighted by Gasteiger charge is -2.12. The van der Waals surface area contributed by atoms with Crippen molar-refractivity contribution in [2.45, 2.75) is 25.3 Å². The van der Waals surface area contributed by atoms with Crippen molar-refractivity contribution in [3.05, 3.63) is 29.8 Å². The number of hydrogen-bond acceptors (Lipinski definition) is 3. The molecule has 0 saturated heterocycles. The molecule has 5 heteroatoms. The third kappa shape index (κ3) is 3.36. The zero-order valence-corrected chi connectivity index (χ0v) is 11.9. The number of carbonyl (C=O) groups excluding carboxylic acids is 2. The number of carbonyl (C=O) groups is 2. The molecule has 0 aliphatic heterocycles. The van der Waals surface area contributed by atoms with Crippen LogP contribution in [0.3, 0.4) is 0 Å². The smallest absolute Gasteiger partial charge is 0.253 e. The lowest BCUT2D eigenvalue weighted by Crippen LogP contribution is -2.23. The van der Waals surface area contributed by atoms with Crippen LogP contribution in [-0.4, -0.2) is 36.9 Å². The Morgan fingerprint density at radius 2 is 1.85 bits per heavy atom. The van der Waals surface area contributed by atoms with Gasteiger partial charge in [0.25, 0.3) is 5.91 Å². The Balaban J connectivity index is 1.97. The van der Waals surface area contributed by atoms with Crippen LogP contribution in [0.5, 0.6) is 0 Å². The molecule has 0 bridgehead atoms. The Kier molecular flexibility index (Phi) is 4.39. The van der Waals surface area contributed by atoms with E-state index in [2.05, 4.69) is 5.32 Å². The zero-order valence-electron chi connectivity index (χ0n) is 11.9. The number of nitrogens with one attached hydrogen (secondary N) is 1. The fourth-order valence-electron chi connectivity index (χ4n) is 2.45. The summed E-state index contributed by atoms with van der Waals surface area (Å²) in [5.74, 6) is -0.0256. The molecule has 108 valence electrons.